The number of nitrogens with two attached hydrogens (primary N) is 1. The minimum Gasteiger partial charge on any atom is -0.496 e. The van der Waals surface area contributed by atoms with Crippen molar-refractivity contribution in [2.24, 2.45) is 11.1 Å². The Morgan fingerprint density at radius 3 is 2.33 bits per heavy atom. The fraction of sp³-hybridized carbons (Fsp3) is 0.562. The maximum absolute atomic E-state index is 12.7. The highest BCUT2D eigenvalue weighted by Gasteiger charge is 2.35. The van der Waals surface area contributed by atoms with Gasteiger partial charge in [-0.3, -0.25) is 4.79 Å². The second-order valence-electron chi connectivity index (χ2n) is 6.00. The van der Waals surface area contributed by atoms with Gasteiger partial charge in [0.1, 0.15) is 11.5 Å². The van der Waals surface area contributed by atoms with Crippen LogP contribution in [0.15, 0.2) is 12.1 Å². The summed E-state index contributed by atoms with van der Waals surface area (Å²) in [6.07, 6.45) is 0.940. The molecule has 1 fully saturated rings. The molecule has 0 spiro atoms. The number of hydrogen-bond donors (Lipinski definition) is 1. The number of nitrogens with zero attached hydrogens (tertiary/aromatic N) is 1. The van der Waals surface area contributed by atoms with Crippen LogP contribution in [0.3, 0.4) is 0 Å². The van der Waals surface area contributed by atoms with Gasteiger partial charge in [0.25, 0.3) is 5.91 Å². The number of carbonyl (C=O) groups excluding carboxylic acids is 1. The van der Waals surface area contributed by atoms with E-state index in [0.717, 1.165) is 18.5 Å². The Hall–Kier alpha value is -1.75. The van der Waals surface area contributed by atoms with Crippen molar-refractivity contribution < 1.29 is 14.3 Å². The van der Waals surface area contributed by atoms with Crippen LogP contribution in [-0.4, -0.2) is 44.7 Å². The topological polar surface area (TPSA) is 64.8 Å². The summed E-state index contributed by atoms with van der Waals surface area (Å²) in [4.78, 5) is 14.5. The Balaban J connectivity index is 2.28. The summed E-state index contributed by atoms with van der Waals surface area (Å²) in [5.41, 5.74) is 7.31. The molecule has 1 aromatic carbocycles. The molecule has 0 aliphatic carbocycles. The van der Waals surface area contributed by atoms with Gasteiger partial charge >= 0.3 is 0 Å². The average molecular weight is 292 g/mol. The van der Waals surface area contributed by atoms with Crippen molar-refractivity contribution in [2.75, 3.05) is 33.9 Å². The third-order valence-electron chi connectivity index (χ3n) is 4.34. The predicted octanol–water partition coefficient (Wildman–Crippen LogP) is 1.82. The number of carbonyl (C=O) groups is 1. The van der Waals surface area contributed by atoms with Gasteiger partial charge in [-0.25, -0.2) is 0 Å². The third-order valence-corrected chi connectivity index (χ3v) is 4.34. The van der Waals surface area contributed by atoms with Crippen LogP contribution in [0.5, 0.6) is 11.5 Å². The van der Waals surface area contributed by atoms with Gasteiger partial charge < -0.3 is 20.1 Å². The van der Waals surface area contributed by atoms with E-state index >= 15 is 0 Å². The van der Waals surface area contributed by atoms with Crippen molar-refractivity contribution in [2.45, 2.75) is 20.3 Å². The smallest absolute Gasteiger partial charge is 0.254 e. The number of rotatable bonds is 4. The van der Waals surface area contributed by atoms with Gasteiger partial charge in [-0.05, 0) is 37.4 Å². The van der Waals surface area contributed by atoms with E-state index in [0.29, 0.717) is 30.2 Å². The molecular weight excluding hydrogens is 268 g/mol. The van der Waals surface area contributed by atoms with Crippen LogP contribution in [-0.2, 0) is 0 Å². The summed E-state index contributed by atoms with van der Waals surface area (Å²) in [7, 11) is 3.19. The van der Waals surface area contributed by atoms with Crippen LogP contribution < -0.4 is 15.2 Å². The molecule has 5 heteroatoms. The number of ether oxygens (including phenoxy) is 2. The highest BCUT2D eigenvalue weighted by atomic mass is 16.5. The lowest BCUT2D eigenvalue weighted by Gasteiger charge is -2.23. The van der Waals surface area contributed by atoms with Crippen LogP contribution >= 0.6 is 0 Å². The lowest BCUT2D eigenvalue weighted by Crippen LogP contribution is -2.34. The van der Waals surface area contributed by atoms with Gasteiger partial charge in [-0.1, -0.05) is 6.92 Å². The maximum Gasteiger partial charge on any atom is 0.254 e. The van der Waals surface area contributed by atoms with Crippen molar-refractivity contribution in [3.8, 4) is 11.5 Å². The normalized spacial score (nSPS) is 21.5. The first-order chi connectivity index (χ1) is 9.94. The first-order valence-electron chi connectivity index (χ1n) is 7.16. The fourth-order valence-electron chi connectivity index (χ4n) is 2.76. The Bertz CT molecular complexity index is 519. The van der Waals surface area contributed by atoms with E-state index in [-0.39, 0.29) is 11.3 Å². The largest absolute Gasteiger partial charge is 0.496 e. The van der Waals surface area contributed by atoms with Crippen LogP contribution in [0, 0.1) is 12.3 Å². The number of methoxy groups -OCH3 is 2. The fourth-order valence-corrected chi connectivity index (χ4v) is 2.76. The molecule has 0 aromatic heterocycles. The molecule has 1 aliphatic heterocycles. The number of likely N-dealkylation sites (tertiary alicyclic amines) is 1. The highest BCUT2D eigenvalue weighted by molar-refractivity contribution is 5.95. The highest BCUT2D eigenvalue weighted by Crippen LogP contribution is 2.33. The zero-order valence-electron chi connectivity index (χ0n) is 13.2. The van der Waals surface area contributed by atoms with Crippen molar-refractivity contribution in [3.63, 3.8) is 0 Å². The molecule has 1 aromatic rings. The summed E-state index contributed by atoms with van der Waals surface area (Å²) in [6, 6.07) is 3.55. The third kappa shape index (κ3) is 2.97. The maximum atomic E-state index is 12.7. The second kappa shape index (κ2) is 5.93. The molecule has 1 aliphatic rings. The van der Waals surface area contributed by atoms with Gasteiger partial charge in [-0.2, -0.15) is 0 Å². The predicted molar refractivity (Wildman–Crippen MR) is 82.0 cm³/mol. The molecule has 0 saturated carbocycles. The van der Waals surface area contributed by atoms with Gasteiger partial charge in [0.2, 0.25) is 0 Å². The van der Waals surface area contributed by atoms with Gasteiger partial charge in [0.05, 0.1) is 14.2 Å². The molecule has 116 valence electrons. The lowest BCUT2D eigenvalue weighted by atomic mass is 9.90. The summed E-state index contributed by atoms with van der Waals surface area (Å²) >= 11 is 0. The molecule has 2 rings (SSSR count). The van der Waals surface area contributed by atoms with E-state index in [9.17, 15) is 4.79 Å². The number of benzene rings is 1. The Morgan fingerprint density at radius 1 is 1.33 bits per heavy atom. The quantitative estimate of drug-likeness (QED) is 0.919. The Morgan fingerprint density at radius 2 is 1.90 bits per heavy atom. The van der Waals surface area contributed by atoms with Crippen LogP contribution in [0.4, 0.5) is 0 Å². The van der Waals surface area contributed by atoms with Crippen molar-refractivity contribution in [3.05, 3.63) is 23.3 Å². The minimum atomic E-state index is 0.00350. The average Bonchev–Trinajstić information content (AvgIpc) is 2.90. The summed E-state index contributed by atoms with van der Waals surface area (Å²) in [5.74, 6) is 1.33. The van der Waals surface area contributed by atoms with Crippen LogP contribution in [0.25, 0.3) is 0 Å². The van der Waals surface area contributed by atoms with Gasteiger partial charge in [0, 0.05) is 24.2 Å². The van der Waals surface area contributed by atoms with Crippen LogP contribution in [0.1, 0.15) is 29.3 Å². The molecule has 0 radical (unpaired) electrons. The molecule has 5 nitrogen and oxygen atoms in total. The lowest BCUT2D eigenvalue weighted by molar-refractivity contribution is 0.0776. The first-order valence-corrected chi connectivity index (χ1v) is 7.16. The molecular formula is C16H24N2O3. The van der Waals surface area contributed by atoms with E-state index in [1.54, 1.807) is 26.4 Å². The summed E-state index contributed by atoms with van der Waals surface area (Å²) in [5, 5.41) is 0. The summed E-state index contributed by atoms with van der Waals surface area (Å²) in [6.45, 7) is 6.06. The standard InChI is InChI=1S/C16H24N2O3/c1-11-13(20-3)7-12(8-14(11)21-4)15(19)18-6-5-16(2,9-17)10-18/h7-8H,5-6,9-10,17H2,1-4H3. The molecule has 1 atom stereocenters. The minimum absolute atomic E-state index is 0.00350. The van der Waals surface area contributed by atoms with Crippen molar-refractivity contribution in [1.29, 1.82) is 0 Å². The molecule has 1 unspecified atom stereocenters. The molecule has 1 saturated heterocycles. The van der Waals surface area contributed by atoms with E-state index in [4.69, 9.17) is 15.2 Å². The second-order valence-corrected chi connectivity index (χ2v) is 6.00. The molecule has 2 N–H and O–H groups in total. The zero-order valence-corrected chi connectivity index (χ0v) is 13.2. The van der Waals surface area contributed by atoms with Gasteiger partial charge in [-0.15, -0.1) is 0 Å². The summed E-state index contributed by atoms with van der Waals surface area (Å²) < 4.78 is 10.7. The van der Waals surface area contributed by atoms with Crippen molar-refractivity contribution >= 4 is 5.91 Å². The van der Waals surface area contributed by atoms with Crippen molar-refractivity contribution in [1.82, 2.24) is 4.90 Å². The SMILES string of the molecule is COc1cc(C(=O)N2CCC(C)(CN)C2)cc(OC)c1C. The van der Waals surface area contributed by atoms with Gasteiger partial charge in [0.15, 0.2) is 0 Å². The molecule has 1 heterocycles. The van der Waals surface area contributed by atoms with E-state index < -0.39 is 0 Å². The number of hydrogen-bond acceptors (Lipinski definition) is 4. The zero-order chi connectivity index (χ0) is 15.6. The first kappa shape index (κ1) is 15.6. The van der Waals surface area contributed by atoms with E-state index in [1.807, 2.05) is 11.8 Å². The van der Waals surface area contributed by atoms with Crippen LogP contribution in [0.2, 0.25) is 0 Å². The monoisotopic (exact) mass is 292 g/mol. The van der Waals surface area contributed by atoms with E-state index in [1.165, 1.54) is 0 Å². The number of amides is 1. The van der Waals surface area contributed by atoms with E-state index in [2.05, 4.69) is 6.92 Å². The Labute approximate surface area is 126 Å². The molecule has 1 amide bonds. The Kier molecular flexibility index (Phi) is 4.42. The molecule has 21 heavy (non-hydrogen) atoms. The molecule has 0 bridgehead atoms.